The second-order valence-corrected chi connectivity index (χ2v) is 4.10. The first-order chi connectivity index (χ1) is 8.19. The summed E-state index contributed by atoms with van der Waals surface area (Å²) in [5, 5.41) is 0.292. The third-order valence-electron chi connectivity index (χ3n) is 2.42. The van der Waals surface area contributed by atoms with Crippen LogP contribution in [0.3, 0.4) is 0 Å². The van der Waals surface area contributed by atoms with Crippen LogP contribution < -0.4 is 4.74 Å². The number of carbonyl (C=O) groups excluding carboxylic acids is 1. The number of hydrogen-bond acceptors (Lipinski definition) is 4. The summed E-state index contributed by atoms with van der Waals surface area (Å²) < 4.78 is 5.40. The third-order valence-corrected chi connectivity index (χ3v) is 2.60. The molecule has 2 rings (SSSR count). The van der Waals surface area contributed by atoms with Crippen LogP contribution in [0.25, 0.3) is 0 Å². The van der Waals surface area contributed by atoms with Crippen molar-refractivity contribution in [2.45, 2.75) is 0 Å². The Morgan fingerprint density at radius 3 is 3.06 bits per heavy atom. The molecule has 0 bridgehead atoms. The minimum Gasteiger partial charge on any atom is -0.476 e. The zero-order chi connectivity index (χ0) is 12.3. The molecule has 1 aliphatic rings. The topological polar surface area (TPSA) is 55.3 Å². The molecule has 0 saturated carbocycles. The number of halogens is 1. The number of amides is 1. The number of terminal acetylenes is 1. The van der Waals surface area contributed by atoms with Crippen LogP contribution >= 0.6 is 11.6 Å². The van der Waals surface area contributed by atoms with Crippen LogP contribution in [0, 0.1) is 18.3 Å². The number of hydrogen-bond donors (Lipinski definition) is 0. The average molecular weight is 252 g/mol. The lowest BCUT2D eigenvalue weighted by Crippen LogP contribution is -2.51. The molecule has 1 amide bonds. The summed E-state index contributed by atoms with van der Waals surface area (Å²) in [7, 11) is 0. The van der Waals surface area contributed by atoms with Gasteiger partial charge in [-0.3, -0.25) is 9.78 Å². The van der Waals surface area contributed by atoms with Gasteiger partial charge >= 0.3 is 0 Å². The van der Waals surface area contributed by atoms with Crippen molar-refractivity contribution in [1.82, 2.24) is 14.9 Å². The van der Waals surface area contributed by atoms with Crippen LogP contribution in [0.15, 0.2) is 12.4 Å². The number of nitrogens with zero attached hydrogens (tertiary/aromatic N) is 3. The Kier molecular flexibility index (Phi) is 3.45. The fourth-order valence-electron chi connectivity index (χ4n) is 1.53. The van der Waals surface area contributed by atoms with E-state index in [9.17, 15) is 4.79 Å². The summed E-state index contributed by atoms with van der Waals surface area (Å²) in [6, 6.07) is 0. The molecule has 0 aromatic carbocycles. The Morgan fingerprint density at radius 1 is 1.65 bits per heavy atom. The molecular formula is C11H10ClN3O2. The van der Waals surface area contributed by atoms with Crippen molar-refractivity contribution < 1.29 is 9.53 Å². The molecule has 6 heteroatoms. The average Bonchev–Trinajstić information content (AvgIpc) is 2.26. The second-order valence-electron chi connectivity index (χ2n) is 3.71. The van der Waals surface area contributed by atoms with Crippen molar-refractivity contribution in [3.05, 3.63) is 17.5 Å². The molecule has 0 aliphatic carbocycles. The van der Waals surface area contributed by atoms with Gasteiger partial charge in [-0.25, -0.2) is 0 Å². The molecule has 1 aromatic heterocycles. The lowest BCUT2D eigenvalue weighted by Gasteiger charge is -2.37. The van der Waals surface area contributed by atoms with Gasteiger partial charge in [-0.1, -0.05) is 11.6 Å². The fraction of sp³-hybridized carbons (Fsp3) is 0.364. The highest BCUT2D eigenvalue weighted by atomic mass is 35.5. The smallest absolute Gasteiger partial charge is 0.298 e. The SMILES string of the molecule is C#CC(=O)N1CC(COc2cncc(Cl)n2)C1. The molecule has 1 fully saturated rings. The summed E-state index contributed by atoms with van der Waals surface area (Å²) >= 11 is 5.66. The van der Waals surface area contributed by atoms with Gasteiger partial charge in [0, 0.05) is 19.0 Å². The highest BCUT2D eigenvalue weighted by molar-refractivity contribution is 6.29. The van der Waals surface area contributed by atoms with Gasteiger partial charge in [0.1, 0.15) is 0 Å². The monoisotopic (exact) mass is 251 g/mol. The van der Waals surface area contributed by atoms with Crippen LogP contribution in [0.4, 0.5) is 0 Å². The summed E-state index contributed by atoms with van der Waals surface area (Å²) in [6.07, 6.45) is 7.93. The van der Waals surface area contributed by atoms with E-state index in [0.717, 1.165) is 0 Å². The van der Waals surface area contributed by atoms with E-state index < -0.39 is 0 Å². The summed E-state index contributed by atoms with van der Waals surface area (Å²) in [4.78, 5) is 20.5. The maximum atomic E-state index is 11.1. The molecule has 88 valence electrons. The molecular weight excluding hydrogens is 242 g/mol. The second kappa shape index (κ2) is 5.02. The van der Waals surface area contributed by atoms with E-state index in [1.165, 1.54) is 12.4 Å². The Morgan fingerprint density at radius 2 is 2.41 bits per heavy atom. The van der Waals surface area contributed by atoms with Gasteiger partial charge in [0.05, 0.1) is 19.0 Å². The van der Waals surface area contributed by atoms with Gasteiger partial charge in [0.15, 0.2) is 5.15 Å². The largest absolute Gasteiger partial charge is 0.476 e. The summed E-state index contributed by atoms with van der Waals surface area (Å²) in [6.45, 7) is 1.72. The first kappa shape index (κ1) is 11.7. The molecule has 1 saturated heterocycles. The van der Waals surface area contributed by atoms with Gasteiger partial charge in [-0.05, 0) is 5.92 Å². The number of aromatic nitrogens is 2. The van der Waals surface area contributed by atoms with E-state index in [-0.39, 0.29) is 11.8 Å². The summed E-state index contributed by atoms with van der Waals surface area (Å²) in [5.41, 5.74) is 0. The number of ether oxygens (including phenoxy) is 1. The van der Waals surface area contributed by atoms with E-state index in [1.807, 2.05) is 0 Å². The van der Waals surface area contributed by atoms with Crippen molar-refractivity contribution in [2.75, 3.05) is 19.7 Å². The van der Waals surface area contributed by atoms with E-state index >= 15 is 0 Å². The van der Waals surface area contributed by atoms with Crippen molar-refractivity contribution >= 4 is 17.5 Å². The van der Waals surface area contributed by atoms with Gasteiger partial charge in [-0.2, -0.15) is 4.98 Å². The van der Waals surface area contributed by atoms with E-state index in [0.29, 0.717) is 30.7 Å². The lowest BCUT2D eigenvalue weighted by molar-refractivity contribution is -0.131. The fourth-order valence-corrected chi connectivity index (χ4v) is 1.67. The minimum absolute atomic E-state index is 0.274. The Bertz CT molecular complexity index is 466. The van der Waals surface area contributed by atoms with Crippen LogP contribution in [0.2, 0.25) is 5.15 Å². The molecule has 17 heavy (non-hydrogen) atoms. The molecule has 1 aliphatic heterocycles. The molecule has 0 atom stereocenters. The van der Waals surface area contributed by atoms with Gasteiger partial charge in [0.25, 0.3) is 5.91 Å². The maximum absolute atomic E-state index is 11.1. The highest BCUT2D eigenvalue weighted by Crippen LogP contribution is 2.17. The highest BCUT2D eigenvalue weighted by Gasteiger charge is 2.30. The molecule has 1 aromatic rings. The van der Waals surface area contributed by atoms with Crippen molar-refractivity contribution in [3.63, 3.8) is 0 Å². The minimum atomic E-state index is -0.274. The molecule has 5 nitrogen and oxygen atoms in total. The van der Waals surface area contributed by atoms with Crippen molar-refractivity contribution in [2.24, 2.45) is 5.92 Å². The standard InChI is InChI=1S/C11H10ClN3O2/c1-2-11(16)15-5-8(6-15)7-17-10-4-13-3-9(12)14-10/h1,3-4,8H,5-7H2. The summed E-state index contributed by atoms with van der Waals surface area (Å²) in [5.74, 6) is 2.47. The molecule has 0 spiro atoms. The predicted molar refractivity (Wildman–Crippen MR) is 61.4 cm³/mol. The first-order valence-electron chi connectivity index (χ1n) is 5.05. The third kappa shape index (κ3) is 2.86. The molecule has 0 unspecified atom stereocenters. The molecule has 2 heterocycles. The van der Waals surface area contributed by atoms with Gasteiger partial charge in [-0.15, -0.1) is 6.42 Å². The number of likely N-dealkylation sites (tertiary alicyclic amines) is 1. The first-order valence-corrected chi connectivity index (χ1v) is 5.42. The van der Waals surface area contributed by atoms with Crippen LogP contribution in [-0.2, 0) is 4.79 Å². The van der Waals surface area contributed by atoms with Crippen LogP contribution in [0.1, 0.15) is 0 Å². The zero-order valence-electron chi connectivity index (χ0n) is 8.97. The molecule has 0 radical (unpaired) electrons. The van der Waals surface area contributed by atoms with E-state index in [4.69, 9.17) is 22.8 Å². The zero-order valence-corrected chi connectivity index (χ0v) is 9.72. The van der Waals surface area contributed by atoms with E-state index in [2.05, 4.69) is 15.9 Å². The Hall–Kier alpha value is -1.80. The van der Waals surface area contributed by atoms with Crippen molar-refractivity contribution in [1.29, 1.82) is 0 Å². The maximum Gasteiger partial charge on any atom is 0.298 e. The number of rotatable bonds is 3. The Balaban J connectivity index is 1.75. The van der Waals surface area contributed by atoms with Gasteiger partial charge < -0.3 is 9.64 Å². The van der Waals surface area contributed by atoms with Gasteiger partial charge in [0.2, 0.25) is 5.88 Å². The van der Waals surface area contributed by atoms with Crippen molar-refractivity contribution in [3.8, 4) is 18.2 Å². The lowest BCUT2D eigenvalue weighted by atomic mass is 10.0. The number of carbonyl (C=O) groups is 1. The van der Waals surface area contributed by atoms with Crippen LogP contribution in [-0.4, -0.2) is 40.5 Å². The predicted octanol–water partition coefficient (Wildman–Crippen LogP) is 0.600. The molecule has 0 N–H and O–H groups in total. The normalized spacial score (nSPS) is 14.9. The van der Waals surface area contributed by atoms with Crippen LogP contribution in [0.5, 0.6) is 5.88 Å². The Labute approximate surface area is 104 Å². The quantitative estimate of drug-likeness (QED) is 0.739. The van der Waals surface area contributed by atoms with E-state index in [1.54, 1.807) is 4.90 Å².